The molecule has 0 unspecified atom stereocenters. The molecule has 0 amide bonds. The lowest BCUT2D eigenvalue weighted by Gasteiger charge is -3.07. The monoisotopic (exact) mass is 447 g/mol. The summed E-state index contributed by atoms with van der Waals surface area (Å²) in [6.07, 6.45) is 6.17. The van der Waals surface area contributed by atoms with Gasteiger partial charge in [-0.15, -0.1) is 0 Å². The van der Waals surface area contributed by atoms with E-state index in [4.69, 9.17) is 15.5 Å². The van der Waals surface area contributed by atoms with E-state index in [-0.39, 0.29) is 34.1 Å². The Morgan fingerprint density at radius 2 is 1.88 bits per heavy atom. The van der Waals surface area contributed by atoms with Gasteiger partial charge in [-0.2, -0.15) is 10.1 Å². The molecule has 7 aliphatic carbocycles. The van der Waals surface area contributed by atoms with Crippen molar-refractivity contribution in [2.75, 3.05) is 23.7 Å². The van der Waals surface area contributed by atoms with Gasteiger partial charge in [0.2, 0.25) is 11.8 Å². The van der Waals surface area contributed by atoms with Gasteiger partial charge in [-0.25, -0.2) is 4.98 Å². The summed E-state index contributed by atoms with van der Waals surface area (Å²) in [5, 5.41) is 16.5. The Hall–Kier alpha value is -2.75. The molecular formula is C23H25N7O3. The first-order chi connectivity index (χ1) is 16.0. The normalized spacial score (nSPS) is 46.9. The highest BCUT2D eigenvalue weighted by Gasteiger charge is 3.05. The van der Waals surface area contributed by atoms with Crippen LogP contribution in [0.5, 0.6) is 0 Å². The summed E-state index contributed by atoms with van der Waals surface area (Å²) >= 11 is 0. The first-order valence-electron chi connectivity index (χ1n) is 12.3. The van der Waals surface area contributed by atoms with Crippen LogP contribution in [0, 0.1) is 51.5 Å². The van der Waals surface area contributed by atoms with Crippen LogP contribution in [0.2, 0.25) is 0 Å². The number of nitro groups is 1. The highest BCUT2D eigenvalue weighted by Crippen LogP contribution is 3.05. The van der Waals surface area contributed by atoms with Crippen LogP contribution in [0.3, 0.4) is 0 Å². The molecule has 2 aromatic rings. The predicted octanol–water partition coefficient (Wildman–Crippen LogP) is 2.08. The van der Waals surface area contributed by atoms with Crippen LogP contribution < -0.4 is 10.6 Å². The Bertz CT molecular complexity index is 1220. The lowest BCUT2D eigenvalue weighted by Crippen LogP contribution is -3.07. The van der Waals surface area contributed by atoms with E-state index < -0.39 is 0 Å². The fourth-order valence-corrected chi connectivity index (χ4v) is 9.34. The van der Waals surface area contributed by atoms with Crippen LogP contribution in [-0.4, -0.2) is 43.9 Å². The number of ether oxygens (including phenoxy) is 1. The quantitative estimate of drug-likeness (QED) is 0.546. The topological polar surface area (TPSA) is 125 Å². The minimum atomic E-state index is -0.354. The number of rotatable bonds is 5. The van der Waals surface area contributed by atoms with E-state index in [9.17, 15) is 10.1 Å². The third kappa shape index (κ3) is 1.69. The zero-order chi connectivity index (χ0) is 22.0. The molecule has 2 aromatic heterocycles. The summed E-state index contributed by atoms with van der Waals surface area (Å²) in [7, 11) is 0. The van der Waals surface area contributed by atoms with Crippen molar-refractivity contribution in [1.82, 2.24) is 19.7 Å². The molecule has 8 fully saturated rings. The van der Waals surface area contributed by atoms with E-state index in [1.54, 1.807) is 0 Å². The van der Waals surface area contributed by atoms with Gasteiger partial charge < -0.3 is 15.4 Å². The molecule has 10 rings (SSSR count). The van der Waals surface area contributed by atoms with Gasteiger partial charge in [0.15, 0.2) is 0 Å². The second kappa shape index (κ2) is 5.16. The largest absolute Gasteiger partial charge is 0.378 e. The molecule has 10 nitrogen and oxygen atoms in total. The molecule has 33 heavy (non-hydrogen) atoms. The van der Waals surface area contributed by atoms with Crippen molar-refractivity contribution >= 4 is 17.5 Å². The Balaban J connectivity index is 1.09. The number of nitrogens with zero attached hydrogens (tertiary/aromatic N) is 6. The average Bonchev–Trinajstić information content (AvgIpc) is 3.54. The third-order valence-corrected chi connectivity index (χ3v) is 10.4. The van der Waals surface area contributed by atoms with Crippen molar-refractivity contribution in [3.63, 3.8) is 0 Å². The molecule has 7 saturated carbocycles. The van der Waals surface area contributed by atoms with Crippen molar-refractivity contribution < 1.29 is 9.66 Å². The van der Waals surface area contributed by atoms with E-state index in [0.29, 0.717) is 48.5 Å². The summed E-state index contributed by atoms with van der Waals surface area (Å²) in [5.41, 5.74) is 7.81. The summed E-state index contributed by atoms with van der Waals surface area (Å²) in [6.45, 7) is 3.25. The van der Waals surface area contributed by atoms with Crippen LogP contribution in [-0.2, 0) is 10.2 Å². The van der Waals surface area contributed by atoms with Crippen LogP contribution in [0.15, 0.2) is 12.4 Å². The van der Waals surface area contributed by atoms with Crippen molar-refractivity contribution in [1.29, 1.82) is 0 Å². The van der Waals surface area contributed by atoms with Gasteiger partial charge in [0, 0.05) is 23.7 Å². The fraction of sp³-hybridized carbons (Fsp3) is 0.696. The van der Waals surface area contributed by atoms with Crippen molar-refractivity contribution in [3.05, 3.63) is 33.8 Å². The summed E-state index contributed by atoms with van der Waals surface area (Å²) < 4.78 is 8.28. The van der Waals surface area contributed by atoms with Crippen molar-refractivity contribution in [2.45, 2.75) is 43.4 Å². The molecule has 2 atom stereocenters. The summed E-state index contributed by atoms with van der Waals surface area (Å²) in [5.74, 6) is 5.68. The zero-order valence-electron chi connectivity index (χ0n) is 18.2. The third-order valence-electron chi connectivity index (χ3n) is 10.4. The maximum Gasteiger partial charge on any atom is 0.333 e. The fourth-order valence-electron chi connectivity index (χ4n) is 9.34. The molecule has 0 spiro atoms. The Kier molecular flexibility index (Phi) is 2.77. The maximum absolute atomic E-state index is 12.0. The first-order valence-corrected chi connectivity index (χ1v) is 12.3. The highest BCUT2D eigenvalue weighted by atomic mass is 16.6. The zero-order valence-corrected chi connectivity index (χ0v) is 18.2. The van der Waals surface area contributed by atoms with Gasteiger partial charge in [-0.05, 0) is 61.2 Å². The average molecular weight is 447 g/mol. The van der Waals surface area contributed by atoms with Gasteiger partial charge in [-0.1, -0.05) is 0 Å². The predicted molar refractivity (Wildman–Crippen MR) is 115 cm³/mol. The van der Waals surface area contributed by atoms with E-state index in [1.165, 1.54) is 12.8 Å². The van der Waals surface area contributed by atoms with E-state index in [1.807, 2.05) is 17.8 Å². The highest BCUT2D eigenvalue weighted by molar-refractivity contribution is 5.68. The van der Waals surface area contributed by atoms with Gasteiger partial charge >= 0.3 is 5.69 Å². The first kappa shape index (κ1) is 17.7. The number of hydrogen-bond acceptors (Lipinski definition) is 8. The van der Waals surface area contributed by atoms with Gasteiger partial charge in [0.25, 0.3) is 0 Å². The summed E-state index contributed by atoms with van der Waals surface area (Å²) in [6, 6.07) is 0.521. The summed E-state index contributed by atoms with van der Waals surface area (Å²) in [4.78, 5) is 23.2. The molecular weight excluding hydrogens is 422 g/mol. The van der Waals surface area contributed by atoms with E-state index in [2.05, 4.69) is 21.2 Å². The molecule has 3 heterocycles. The van der Waals surface area contributed by atoms with E-state index >= 15 is 0 Å². The van der Waals surface area contributed by atoms with Crippen LogP contribution in [0.4, 0.5) is 17.5 Å². The lowest BCUT2D eigenvalue weighted by atomic mass is 8.96. The van der Waals surface area contributed by atoms with Crippen LogP contribution in [0.1, 0.15) is 43.2 Å². The maximum atomic E-state index is 12.0. The molecule has 1 saturated heterocycles. The molecule has 1 aliphatic heterocycles. The molecule has 2 N–H and O–H groups in total. The standard InChI is InChI=1S/C23H25N7O3/c1-8-5-28(7-11(33-8)9-4-25-29(6-9)10-2-3-10)22-26-20(19(30(31)32)21(24)27-22)23-16-13-12-14(16)18(23)15(12)17(13)23/h4,6,8,10-18H,2-3,5,7H2,1H3,(H2,24,26,27)/t8-,11-,12?,13?,14?,15?,16?,17?,18?,23?/m1/s1. The van der Waals surface area contributed by atoms with Gasteiger partial charge in [0.1, 0.15) is 11.8 Å². The molecule has 10 heteroatoms. The van der Waals surface area contributed by atoms with Crippen molar-refractivity contribution in [2.24, 2.45) is 41.4 Å². The molecule has 170 valence electrons. The molecule has 8 aliphatic rings. The Labute approximate surface area is 189 Å². The Morgan fingerprint density at radius 3 is 2.55 bits per heavy atom. The molecule has 0 bridgehead atoms. The Morgan fingerprint density at radius 1 is 1.15 bits per heavy atom. The second-order valence-corrected chi connectivity index (χ2v) is 11.5. The second-order valence-electron chi connectivity index (χ2n) is 11.5. The van der Waals surface area contributed by atoms with Crippen LogP contribution >= 0.6 is 0 Å². The minimum Gasteiger partial charge on any atom is -0.378 e. The number of nitrogens with two attached hydrogens (primary N) is 1. The number of anilines is 2. The smallest absolute Gasteiger partial charge is 0.333 e. The van der Waals surface area contributed by atoms with Crippen LogP contribution in [0.25, 0.3) is 0 Å². The van der Waals surface area contributed by atoms with E-state index in [0.717, 1.165) is 29.2 Å². The number of nitrogen functional groups attached to an aromatic ring is 1. The minimum absolute atomic E-state index is 0.00548. The molecule has 0 aromatic carbocycles. The number of aromatic nitrogens is 4. The number of hydrogen-bond donors (Lipinski definition) is 1. The number of morpholine rings is 1. The SMILES string of the molecule is C[C@@H]1CN(c2nc(N)c([N+](=O)[O-])c(C34C5C6C7C5C3C7C64)n2)C[C@H](c2cnn(C3CC3)c2)O1. The lowest BCUT2D eigenvalue weighted by molar-refractivity contribution is -0.583. The van der Waals surface area contributed by atoms with Crippen molar-refractivity contribution in [3.8, 4) is 0 Å². The van der Waals surface area contributed by atoms with Gasteiger partial charge in [0.05, 0.1) is 29.8 Å². The molecule has 0 radical (unpaired) electrons. The van der Waals surface area contributed by atoms with Gasteiger partial charge in [-0.3, -0.25) is 14.8 Å².